The van der Waals surface area contributed by atoms with Gasteiger partial charge in [-0.3, -0.25) is 4.90 Å². The average Bonchev–Trinajstić information content (AvgIpc) is 2.05. The molecule has 1 rings (SSSR count). The molecule has 72 valence electrons. The molecule has 12 heavy (non-hydrogen) atoms. The van der Waals surface area contributed by atoms with Gasteiger partial charge in [0, 0.05) is 13.1 Å². The number of nitrogens with zero attached hydrogens (tertiary/aromatic N) is 1. The Morgan fingerprint density at radius 2 is 1.75 bits per heavy atom. The molecular formula is C9H19NO2. The van der Waals surface area contributed by atoms with Crippen LogP contribution in [-0.2, 0) is 4.74 Å². The highest BCUT2D eigenvalue weighted by Crippen LogP contribution is 2.13. The zero-order valence-corrected chi connectivity index (χ0v) is 7.99. The Kier molecular flexibility index (Phi) is 3.98. The number of aliphatic hydroxyl groups is 1. The van der Waals surface area contributed by atoms with E-state index in [-0.39, 0.29) is 6.23 Å². The minimum absolute atomic E-state index is 0.0605. The maximum absolute atomic E-state index is 9.00. The van der Waals surface area contributed by atoms with Gasteiger partial charge in [0.25, 0.3) is 0 Å². The Bertz CT molecular complexity index is 122. The fraction of sp³-hybridized carbons (Fsp3) is 1.00. The summed E-state index contributed by atoms with van der Waals surface area (Å²) in [6.07, 6.45) is 3.26. The van der Waals surface area contributed by atoms with Crippen molar-refractivity contribution in [2.75, 3.05) is 13.1 Å². The maximum Gasteiger partial charge on any atom is 0.153 e. The van der Waals surface area contributed by atoms with Crippen LogP contribution in [0.2, 0.25) is 0 Å². The van der Waals surface area contributed by atoms with Crippen molar-refractivity contribution in [1.82, 2.24) is 4.90 Å². The lowest BCUT2D eigenvalue weighted by Gasteiger charge is -2.32. The van der Waals surface area contributed by atoms with Crippen molar-refractivity contribution in [1.29, 1.82) is 0 Å². The molecule has 1 heterocycles. The van der Waals surface area contributed by atoms with Gasteiger partial charge in [-0.25, -0.2) is 0 Å². The highest BCUT2D eigenvalue weighted by molar-refractivity contribution is 4.65. The van der Waals surface area contributed by atoms with E-state index in [1.54, 1.807) is 6.92 Å². The van der Waals surface area contributed by atoms with Crippen LogP contribution in [0.1, 0.15) is 33.1 Å². The Balaban J connectivity index is 2.24. The third-order valence-corrected chi connectivity index (χ3v) is 2.30. The van der Waals surface area contributed by atoms with Crippen LogP contribution in [-0.4, -0.2) is 35.6 Å². The zero-order valence-electron chi connectivity index (χ0n) is 7.99. The van der Waals surface area contributed by atoms with Crippen molar-refractivity contribution in [3.63, 3.8) is 0 Å². The largest absolute Gasteiger partial charge is 0.368 e. The van der Waals surface area contributed by atoms with Crippen LogP contribution < -0.4 is 0 Å². The molecule has 0 radical (unpaired) electrons. The van der Waals surface area contributed by atoms with E-state index in [4.69, 9.17) is 9.84 Å². The first-order chi connectivity index (χ1) is 5.70. The Labute approximate surface area is 74.3 Å². The molecule has 1 N–H and O–H groups in total. The van der Waals surface area contributed by atoms with E-state index in [0.29, 0.717) is 0 Å². The summed E-state index contributed by atoms with van der Waals surface area (Å²) >= 11 is 0. The van der Waals surface area contributed by atoms with E-state index in [9.17, 15) is 0 Å². The molecule has 0 aromatic carbocycles. The van der Waals surface area contributed by atoms with Crippen LogP contribution in [0.25, 0.3) is 0 Å². The van der Waals surface area contributed by atoms with Gasteiger partial charge in [0.05, 0.1) is 0 Å². The molecule has 0 amide bonds. The van der Waals surface area contributed by atoms with Gasteiger partial charge >= 0.3 is 0 Å². The molecule has 1 aliphatic rings. The van der Waals surface area contributed by atoms with Crippen LogP contribution in [0.15, 0.2) is 0 Å². The maximum atomic E-state index is 9.00. The number of hydrogen-bond acceptors (Lipinski definition) is 3. The van der Waals surface area contributed by atoms with Gasteiger partial charge in [-0.15, -0.1) is 0 Å². The van der Waals surface area contributed by atoms with Crippen LogP contribution >= 0.6 is 0 Å². The number of likely N-dealkylation sites (tertiary alicyclic amines) is 1. The molecular weight excluding hydrogens is 154 g/mol. The van der Waals surface area contributed by atoms with Crippen LogP contribution in [0.4, 0.5) is 0 Å². The summed E-state index contributed by atoms with van der Waals surface area (Å²) in [6, 6.07) is 0. The zero-order chi connectivity index (χ0) is 8.97. The molecule has 3 nitrogen and oxygen atoms in total. The standard InChI is InChI=1S/C9H19NO2/c1-8(12-9(2)11)10-6-4-3-5-7-10/h8-9,11H,3-7H2,1-2H3. The Morgan fingerprint density at radius 3 is 2.25 bits per heavy atom. The lowest BCUT2D eigenvalue weighted by Crippen LogP contribution is -2.40. The SMILES string of the molecule is CC(O)OC(C)N1CCCCC1. The first-order valence-electron chi connectivity index (χ1n) is 4.77. The highest BCUT2D eigenvalue weighted by Gasteiger charge is 2.17. The number of hydrogen-bond donors (Lipinski definition) is 1. The summed E-state index contributed by atoms with van der Waals surface area (Å²) in [6.45, 7) is 5.86. The first kappa shape index (κ1) is 9.96. The highest BCUT2D eigenvalue weighted by atomic mass is 16.6. The minimum Gasteiger partial charge on any atom is -0.368 e. The normalized spacial score (nSPS) is 25.2. The van der Waals surface area contributed by atoms with Gasteiger partial charge in [0.15, 0.2) is 6.29 Å². The van der Waals surface area contributed by atoms with E-state index >= 15 is 0 Å². The predicted octanol–water partition coefficient (Wildman–Crippen LogP) is 1.17. The Morgan fingerprint density at radius 1 is 1.17 bits per heavy atom. The smallest absolute Gasteiger partial charge is 0.153 e. The summed E-state index contributed by atoms with van der Waals surface area (Å²) in [7, 11) is 0. The molecule has 1 aliphatic heterocycles. The van der Waals surface area contributed by atoms with Crippen molar-refractivity contribution in [3.05, 3.63) is 0 Å². The molecule has 2 unspecified atom stereocenters. The summed E-state index contributed by atoms with van der Waals surface area (Å²) in [4.78, 5) is 2.27. The van der Waals surface area contributed by atoms with Crippen molar-refractivity contribution < 1.29 is 9.84 Å². The molecule has 1 saturated heterocycles. The summed E-state index contributed by atoms with van der Waals surface area (Å²) < 4.78 is 5.27. The lowest BCUT2D eigenvalue weighted by molar-refractivity contribution is -0.168. The number of rotatable bonds is 3. The van der Waals surface area contributed by atoms with E-state index in [0.717, 1.165) is 13.1 Å². The molecule has 0 aromatic heterocycles. The molecule has 0 bridgehead atoms. The van der Waals surface area contributed by atoms with E-state index in [1.165, 1.54) is 19.3 Å². The van der Waals surface area contributed by atoms with Gasteiger partial charge < -0.3 is 9.84 Å². The molecule has 0 spiro atoms. The number of ether oxygens (including phenoxy) is 1. The second-order valence-corrected chi connectivity index (χ2v) is 3.43. The minimum atomic E-state index is -0.651. The fourth-order valence-electron chi connectivity index (χ4n) is 1.65. The second kappa shape index (κ2) is 4.80. The molecule has 0 aromatic rings. The molecule has 0 saturated carbocycles. The van der Waals surface area contributed by atoms with Gasteiger partial charge in [0.1, 0.15) is 6.23 Å². The summed E-state index contributed by atoms with van der Waals surface area (Å²) in [5.41, 5.74) is 0. The topological polar surface area (TPSA) is 32.7 Å². The molecule has 0 aliphatic carbocycles. The fourth-order valence-corrected chi connectivity index (χ4v) is 1.65. The first-order valence-corrected chi connectivity index (χ1v) is 4.77. The van der Waals surface area contributed by atoms with Crippen LogP contribution in [0.3, 0.4) is 0 Å². The van der Waals surface area contributed by atoms with Crippen LogP contribution in [0, 0.1) is 0 Å². The third-order valence-electron chi connectivity index (χ3n) is 2.30. The van der Waals surface area contributed by atoms with Crippen molar-refractivity contribution in [2.45, 2.75) is 45.6 Å². The van der Waals surface area contributed by atoms with E-state index in [2.05, 4.69) is 4.90 Å². The van der Waals surface area contributed by atoms with Crippen molar-refractivity contribution >= 4 is 0 Å². The van der Waals surface area contributed by atoms with Crippen LogP contribution in [0.5, 0.6) is 0 Å². The molecule has 2 atom stereocenters. The predicted molar refractivity (Wildman–Crippen MR) is 47.7 cm³/mol. The van der Waals surface area contributed by atoms with Crippen molar-refractivity contribution in [3.8, 4) is 0 Å². The second-order valence-electron chi connectivity index (χ2n) is 3.43. The third kappa shape index (κ3) is 3.09. The molecule has 3 heteroatoms. The van der Waals surface area contributed by atoms with Crippen molar-refractivity contribution in [2.24, 2.45) is 0 Å². The summed E-state index contributed by atoms with van der Waals surface area (Å²) in [5, 5.41) is 9.00. The quantitative estimate of drug-likeness (QED) is 0.650. The number of aliphatic hydroxyl groups excluding tert-OH is 1. The van der Waals surface area contributed by atoms with E-state index < -0.39 is 6.29 Å². The van der Waals surface area contributed by atoms with Gasteiger partial charge in [-0.2, -0.15) is 0 Å². The van der Waals surface area contributed by atoms with Gasteiger partial charge in [-0.05, 0) is 26.7 Å². The monoisotopic (exact) mass is 173 g/mol. The van der Waals surface area contributed by atoms with Gasteiger partial charge in [-0.1, -0.05) is 6.42 Å². The number of piperidine rings is 1. The van der Waals surface area contributed by atoms with E-state index in [1.807, 2.05) is 6.92 Å². The summed E-state index contributed by atoms with van der Waals surface area (Å²) in [5.74, 6) is 0. The molecule has 1 fully saturated rings. The Hall–Kier alpha value is -0.120. The van der Waals surface area contributed by atoms with Gasteiger partial charge in [0.2, 0.25) is 0 Å². The lowest BCUT2D eigenvalue weighted by atomic mass is 10.1. The average molecular weight is 173 g/mol.